The Morgan fingerprint density at radius 1 is 1.19 bits per heavy atom. The van der Waals surface area contributed by atoms with Gasteiger partial charge in [0.1, 0.15) is 12.7 Å². The molecule has 138 valence electrons. The van der Waals surface area contributed by atoms with Crippen LogP contribution in [-0.4, -0.2) is 30.1 Å². The van der Waals surface area contributed by atoms with Crippen LogP contribution in [0, 0.1) is 0 Å². The molecule has 1 atom stereocenters. The minimum atomic E-state index is -0.210. The van der Waals surface area contributed by atoms with Gasteiger partial charge in [-0.1, -0.05) is 24.3 Å². The van der Waals surface area contributed by atoms with E-state index in [4.69, 9.17) is 9.47 Å². The summed E-state index contributed by atoms with van der Waals surface area (Å²) >= 11 is 3.19. The van der Waals surface area contributed by atoms with Crippen molar-refractivity contribution in [1.82, 2.24) is 10.3 Å². The highest BCUT2D eigenvalue weighted by molar-refractivity contribution is 7.98. The van der Waals surface area contributed by atoms with Crippen molar-refractivity contribution >= 4 is 29.0 Å². The van der Waals surface area contributed by atoms with E-state index in [-0.39, 0.29) is 12.0 Å². The molecule has 0 bridgehead atoms. The van der Waals surface area contributed by atoms with Gasteiger partial charge in [0.15, 0.2) is 11.5 Å². The second-order valence-electron chi connectivity index (χ2n) is 5.97. The van der Waals surface area contributed by atoms with Crippen LogP contribution in [0.2, 0.25) is 0 Å². The van der Waals surface area contributed by atoms with Gasteiger partial charge in [0.05, 0.1) is 23.3 Å². The van der Waals surface area contributed by atoms with Crippen LogP contribution in [0.15, 0.2) is 64.3 Å². The molecule has 1 aliphatic heterocycles. The standard InChI is InChI=1S/C20H18N2O3S2/c23-20(21-9-15-10-24-17-6-2-3-7-18(17)25-15)16-5-1-4-8-19(16)27-12-14-11-26-13-22-14/h1-8,11,13,15H,9-10,12H2,(H,21,23). The average molecular weight is 399 g/mol. The van der Waals surface area contributed by atoms with Crippen LogP contribution < -0.4 is 14.8 Å². The zero-order valence-electron chi connectivity index (χ0n) is 14.5. The first-order valence-electron chi connectivity index (χ1n) is 8.55. The van der Waals surface area contributed by atoms with Crippen molar-refractivity contribution in [2.45, 2.75) is 16.8 Å². The van der Waals surface area contributed by atoms with Crippen LogP contribution in [0.25, 0.3) is 0 Å². The number of hydrogen-bond acceptors (Lipinski definition) is 6. The van der Waals surface area contributed by atoms with Gasteiger partial charge in [-0.3, -0.25) is 4.79 Å². The highest BCUT2D eigenvalue weighted by Gasteiger charge is 2.21. The average Bonchev–Trinajstić information content (AvgIpc) is 3.24. The van der Waals surface area contributed by atoms with Crippen LogP contribution in [-0.2, 0) is 5.75 Å². The predicted molar refractivity (Wildman–Crippen MR) is 107 cm³/mol. The topological polar surface area (TPSA) is 60.5 Å². The fraction of sp³-hybridized carbons (Fsp3) is 0.200. The summed E-state index contributed by atoms with van der Waals surface area (Å²) in [6.07, 6.45) is -0.210. The van der Waals surface area contributed by atoms with Gasteiger partial charge in [0.2, 0.25) is 0 Å². The summed E-state index contributed by atoms with van der Waals surface area (Å²) in [5, 5.41) is 4.98. The molecule has 7 heteroatoms. The van der Waals surface area contributed by atoms with Crippen LogP contribution in [0.1, 0.15) is 16.1 Å². The van der Waals surface area contributed by atoms with E-state index in [0.29, 0.717) is 24.5 Å². The first-order chi connectivity index (χ1) is 13.3. The minimum Gasteiger partial charge on any atom is -0.486 e. The van der Waals surface area contributed by atoms with E-state index < -0.39 is 0 Å². The number of para-hydroxylation sites is 2. The molecule has 0 aliphatic carbocycles. The number of thioether (sulfide) groups is 1. The van der Waals surface area contributed by atoms with E-state index in [9.17, 15) is 4.79 Å². The van der Waals surface area contributed by atoms with Gasteiger partial charge in [0, 0.05) is 16.0 Å². The van der Waals surface area contributed by atoms with Gasteiger partial charge >= 0.3 is 0 Å². The van der Waals surface area contributed by atoms with Crippen molar-refractivity contribution in [2.24, 2.45) is 0 Å². The lowest BCUT2D eigenvalue weighted by atomic mass is 10.2. The van der Waals surface area contributed by atoms with Crippen molar-refractivity contribution in [3.8, 4) is 11.5 Å². The lowest BCUT2D eigenvalue weighted by Gasteiger charge is -2.26. The van der Waals surface area contributed by atoms with Gasteiger partial charge in [0.25, 0.3) is 5.91 Å². The molecule has 0 fully saturated rings. The molecule has 0 spiro atoms. The minimum absolute atomic E-state index is 0.112. The monoisotopic (exact) mass is 398 g/mol. The highest BCUT2D eigenvalue weighted by atomic mass is 32.2. The largest absolute Gasteiger partial charge is 0.486 e. The molecule has 1 N–H and O–H groups in total. The smallest absolute Gasteiger partial charge is 0.252 e. The Hall–Kier alpha value is -2.51. The number of rotatable bonds is 6. The number of nitrogens with one attached hydrogen (secondary N) is 1. The van der Waals surface area contributed by atoms with Gasteiger partial charge < -0.3 is 14.8 Å². The Morgan fingerprint density at radius 3 is 2.85 bits per heavy atom. The summed E-state index contributed by atoms with van der Waals surface area (Å²) in [5.74, 6) is 2.08. The number of thiazole rings is 1. The van der Waals surface area contributed by atoms with Crippen molar-refractivity contribution < 1.29 is 14.3 Å². The normalized spacial score (nSPS) is 15.3. The maximum atomic E-state index is 12.7. The van der Waals surface area contributed by atoms with Crippen LogP contribution in [0.3, 0.4) is 0 Å². The van der Waals surface area contributed by atoms with Crippen molar-refractivity contribution in [2.75, 3.05) is 13.2 Å². The van der Waals surface area contributed by atoms with Crippen LogP contribution in [0.5, 0.6) is 11.5 Å². The first-order valence-corrected chi connectivity index (χ1v) is 10.5. The second-order valence-corrected chi connectivity index (χ2v) is 7.71. The fourth-order valence-electron chi connectivity index (χ4n) is 2.71. The van der Waals surface area contributed by atoms with Gasteiger partial charge in [-0.2, -0.15) is 0 Å². The highest BCUT2D eigenvalue weighted by Crippen LogP contribution is 2.31. The molecular weight excluding hydrogens is 380 g/mol. The maximum absolute atomic E-state index is 12.7. The summed E-state index contributed by atoms with van der Waals surface area (Å²) in [6, 6.07) is 15.2. The van der Waals surface area contributed by atoms with Crippen molar-refractivity contribution in [1.29, 1.82) is 0 Å². The molecule has 0 radical (unpaired) electrons. The van der Waals surface area contributed by atoms with E-state index in [1.807, 2.05) is 59.4 Å². The molecule has 0 saturated heterocycles. The number of carbonyl (C=O) groups is 1. The molecule has 1 amide bonds. The lowest BCUT2D eigenvalue weighted by molar-refractivity contribution is 0.0787. The second kappa shape index (κ2) is 8.45. The SMILES string of the molecule is O=C(NCC1COc2ccccc2O1)c1ccccc1SCc1cscn1. The molecule has 27 heavy (non-hydrogen) atoms. The number of carbonyl (C=O) groups excluding carboxylic acids is 1. The molecule has 1 aromatic heterocycles. The van der Waals surface area contributed by atoms with Crippen LogP contribution >= 0.6 is 23.1 Å². The fourth-order valence-corrected chi connectivity index (χ4v) is 4.32. The first kappa shape index (κ1) is 17.9. The van der Waals surface area contributed by atoms with Crippen molar-refractivity contribution in [3.63, 3.8) is 0 Å². The zero-order valence-corrected chi connectivity index (χ0v) is 16.1. The van der Waals surface area contributed by atoms with E-state index >= 15 is 0 Å². The molecule has 1 aliphatic rings. The van der Waals surface area contributed by atoms with E-state index in [1.165, 1.54) is 0 Å². The Kier molecular flexibility index (Phi) is 5.60. The van der Waals surface area contributed by atoms with Gasteiger partial charge in [-0.05, 0) is 24.3 Å². The molecule has 0 saturated carbocycles. The molecule has 2 heterocycles. The van der Waals surface area contributed by atoms with E-state index in [2.05, 4.69) is 10.3 Å². The Balaban J connectivity index is 1.36. The third kappa shape index (κ3) is 4.43. The number of aromatic nitrogens is 1. The number of nitrogens with zero attached hydrogens (tertiary/aromatic N) is 1. The molecule has 2 aromatic carbocycles. The number of amides is 1. The van der Waals surface area contributed by atoms with Gasteiger partial charge in [-0.15, -0.1) is 23.1 Å². The summed E-state index contributed by atoms with van der Waals surface area (Å²) in [6.45, 7) is 0.801. The summed E-state index contributed by atoms with van der Waals surface area (Å²) in [7, 11) is 0. The molecule has 4 rings (SSSR count). The zero-order chi connectivity index (χ0) is 18.5. The summed E-state index contributed by atoms with van der Waals surface area (Å²) in [5.41, 5.74) is 3.50. The van der Waals surface area contributed by atoms with E-state index in [0.717, 1.165) is 22.1 Å². The van der Waals surface area contributed by atoms with Crippen LogP contribution in [0.4, 0.5) is 0 Å². The third-order valence-electron chi connectivity index (χ3n) is 4.05. The Bertz CT molecular complexity index is 915. The lowest BCUT2D eigenvalue weighted by Crippen LogP contribution is -2.40. The molecular formula is C20H18N2O3S2. The maximum Gasteiger partial charge on any atom is 0.252 e. The van der Waals surface area contributed by atoms with E-state index in [1.54, 1.807) is 23.1 Å². The number of fused-ring (bicyclic) bond motifs is 1. The predicted octanol–water partition coefficient (Wildman–Crippen LogP) is 4.01. The molecule has 5 nitrogen and oxygen atoms in total. The number of hydrogen-bond donors (Lipinski definition) is 1. The summed E-state index contributed by atoms with van der Waals surface area (Å²) < 4.78 is 11.6. The Morgan fingerprint density at radius 2 is 2.00 bits per heavy atom. The molecule has 1 unspecified atom stereocenters. The summed E-state index contributed by atoms with van der Waals surface area (Å²) in [4.78, 5) is 17.9. The molecule has 3 aromatic rings. The quantitative estimate of drug-likeness (QED) is 0.636. The van der Waals surface area contributed by atoms with Gasteiger partial charge in [-0.25, -0.2) is 4.98 Å². The number of ether oxygens (including phenoxy) is 2. The number of benzene rings is 2. The van der Waals surface area contributed by atoms with Crippen molar-refractivity contribution in [3.05, 3.63) is 70.7 Å². The Labute approximate surface area is 165 Å². The third-order valence-corrected chi connectivity index (χ3v) is 5.79.